The van der Waals surface area contributed by atoms with Gasteiger partial charge in [-0.3, -0.25) is 9.59 Å². The van der Waals surface area contributed by atoms with Crippen LogP contribution in [0.3, 0.4) is 0 Å². The highest BCUT2D eigenvalue weighted by atomic mass is 16.6. The summed E-state index contributed by atoms with van der Waals surface area (Å²) < 4.78 is 9.54. The van der Waals surface area contributed by atoms with Gasteiger partial charge in [-0.15, -0.1) is 0 Å². The Morgan fingerprint density at radius 1 is 1.18 bits per heavy atom. The van der Waals surface area contributed by atoms with Gasteiger partial charge in [-0.2, -0.15) is 0 Å². The van der Waals surface area contributed by atoms with E-state index < -0.39 is 23.6 Å². The van der Waals surface area contributed by atoms with Crippen LogP contribution in [0, 0.1) is 0 Å². The molecule has 7 heteroatoms. The Kier molecular flexibility index (Phi) is 9.09. The summed E-state index contributed by atoms with van der Waals surface area (Å²) in [6, 6.07) is -0.658. The van der Waals surface area contributed by atoms with Crippen molar-refractivity contribution in [3.05, 3.63) is 12.2 Å². The summed E-state index contributed by atoms with van der Waals surface area (Å²) in [6.07, 6.45) is 4.00. The second-order valence-corrected chi connectivity index (χ2v) is 5.78. The number of nitrogens with two attached hydrogens (primary N) is 1. The fourth-order valence-electron chi connectivity index (χ4n) is 1.47. The van der Waals surface area contributed by atoms with Crippen molar-refractivity contribution in [1.29, 1.82) is 0 Å². The molecule has 0 rings (SSSR count). The molecule has 0 fully saturated rings. The maximum atomic E-state index is 11.6. The lowest BCUT2D eigenvalue weighted by atomic mass is 10.1. The van der Waals surface area contributed by atoms with Crippen LogP contribution in [-0.4, -0.2) is 43.1 Å². The van der Waals surface area contributed by atoms with Gasteiger partial charge >= 0.3 is 11.9 Å². The number of hydrogen-bond acceptors (Lipinski definition) is 6. The molecule has 0 saturated heterocycles. The van der Waals surface area contributed by atoms with Gasteiger partial charge in [0, 0.05) is 18.7 Å². The molecule has 0 spiro atoms. The molecular weight excluding hydrogens is 288 g/mol. The number of nitrogens with one attached hydrogen (secondary N) is 1. The standard InChI is InChI=1S/C15H26N2O5/c1-15(2,3)22-14(20)11(16)7-5-6-10-17-12(18)8-9-13(19)21-4/h8-9,11H,5-7,10,16H2,1-4H3,(H,17,18)/b9-8+/t11-/m0/s1. The molecule has 7 nitrogen and oxygen atoms in total. The van der Waals surface area contributed by atoms with E-state index in [0.717, 1.165) is 12.2 Å². The molecule has 0 radical (unpaired) electrons. The number of carbonyl (C=O) groups excluding carboxylic acids is 3. The summed E-state index contributed by atoms with van der Waals surface area (Å²) in [6.45, 7) is 5.80. The van der Waals surface area contributed by atoms with Crippen molar-refractivity contribution in [3.8, 4) is 0 Å². The number of rotatable bonds is 8. The average Bonchev–Trinajstić information content (AvgIpc) is 2.42. The fourth-order valence-corrected chi connectivity index (χ4v) is 1.47. The molecule has 3 N–H and O–H groups in total. The quantitative estimate of drug-likeness (QED) is 0.387. The predicted molar refractivity (Wildman–Crippen MR) is 81.8 cm³/mol. The number of esters is 2. The maximum Gasteiger partial charge on any atom is 0.330 e. The lowest BCUT2D eigenvalue weighted by Gasteiger charge is -2.22. The lowest BCUT2D eigenvalue weighted by molar-refractivity contribution is -0.156. The van der Waals surface area contributed by atoms with Gasteiger partial charge in [-0.25, -0.2) is 4.79 Å². The van der Waals surface area contributed by atoms with Crippen molar-refractivity contribution in [2.45, 2.75) is 51.7 Å². The molecule has 0 aliphatic rings. The van der Waals surface area contributed by atoms with E-state index >= 15 is 0 Å². The molecule has 1 atom stereocenters. The van der Waals surface area contributed by atoms with Crippen LogP contribution in [0.4, 0.5) is 0 Å². The molecule has 0 unspecified atom stereocenters. The van der Waals surface area contributed by atoms with E-state index in [0.29, 0.717) is 25.8 Å². The summed E-state index contributed by atoms with van der Waals surface area (Å²) in [4.78, 5) is 33.7. The molecule has 0 aromatic rings. The number of amides is 1. The smallest absolute Gasteiger partial charge is 0.330 e. The molecule has 22 heavy (non-hydrogen) atoms. The van der Waals surface area contributed by atoms with Crippen LogP contribution in [0.5, 0.6) is 0 Å². The first-order valence-corrected chi connectivity index (χ1v) is 7.18. The molecule has 0 aromatic heterocycles. The lowest BCUT2D eigenvalue weighted by Crippen LogP contribution is -2.37. The van der Waals surface area contributed by atoms with E-state index in [-0.39, 0.29) is 5.91 Å². The molecule has 0 bridgehead atoms. The van der Waals surface area contributed by atoms with Crippen molar-refractivity contribution in [1.82, 2.24) is 5.32 Å². The van der Waals surface area contributed by atoms with Gasteiger partial charge in [-0.1, -0.05) is 0 Å². The van der Waals surface area contributed by atoms with Crippen LogP contribution in [0.15, 0.2) is 12.2 Å². The van der Waals surface area contributed by atoms with E-state index in [1.54, 1.807) is 20.8 Å². The van der Waals surface area contributed by atoms with Crippen LogP contribution in [0.2, 0.25) is 0 Å². The van der Waals surface area contributed by atoms with Crippen LogP contribution in [0.25, 0.3) is 0 Å². The molecule has 126 valence electrons. The molecule has 0 aromatic carbocycles. The first-order valence-electron chi connectivity index (χ1n) is 7.18. The molecule has 0 saturated carbocycles. The second-order valence-electron chi connectivity index (χ2n) is 5.78. The summed E-state index contributed by atoms with van der Waals surface area (Å²) in [5, 5.41) is 2.61. The minimum atomic E-state index is -0.658. The number of ether oxygens (including phenoxy) is 2. The minimum absolute atomic E-state index is 0.373. The normalized spacial score (nSPS) is 12.8. The number of methoxy groups -OCH3 is 1. The zero-order valence-corrected chi connectivity index (χ0v) is 13.7. The Bertz CT molecular complexity index is 413. The van der Waals surface area contributed by atoms with Crippen molar-refractivity contribution in [2.24, 2.45) is 5.73 Å². The highest BCUT2D eigenvalue weighted by Crippen LogP contribution is 2.10. The molecule has 0 aliphatic carbocycles. The highest BCUT2D eigenvalue weighted by Gasteiger charge is 2.21. The second kappa shape index (κ2) is 9.94. The van der Waals surface area contributed by atoms with Crippen LogP contribution in [0.1, 0.15) is 40.0 Å². The van der Waals surface area contributed by atoms with E-state index in [2.05, 4.69) is 10.1 Å². The number of unbranched alkanes of at least 4 members (excludes halogenated alkanes) is 1. The van der Waals surface area contributed by atoms with Crippen molar-refractivity contribution in [3.63, 3.8) is 0 Å². The first kappa shape index (κ1) is 20.1. The SMILES string of the molecule is COC(=O)/C=C/C(=O)NCCCC[C@H](N)C(=O)OC(C)(C)C. The van der Waals surface area contributed by atoms with E-state index in [9.17, 15) is 14.4 Å². The molecule has 0 heterocycles. The predicted octanol–water partition coefficient (Wildman–Crippen LogP) is 0.671. The Labute approximate surface area is 131 Å². The Hall–Kier alpha value is -1.89. The zero-order chi connectivity index (χ0) is 17.2. The Balaban J connectivity index is 3.81. The Morgan fingerprint density at radius 3 is 2.36 bits per heavy atom. The van der Waals surface area contributed by atoms with E-state index in [1.807, 2.05) is 0 Å². The van der Waals surface area contributed by atoms with Gasteiger partial charge in [-0.05, 0) is 40.0 Å². The van der Waals surface area contributed by atoms with Crippen LogP contribution in [-0.2, 0) is 23.9 Å². The largest absolute Gasteiger partial charge is 0.466 e. The van der Waals surface area contributed by atoms with Crippen LogP contribution < -0.4 is 11.1 Å². The zero-order valence-electron chi connectivity index (χ0n) is 13.7. The Morgan fingerprint density at radius 2 is 1.82 bits per heavy atom. The first-order chi connectivity index (χ1) is 10.2. The van der Waals surface area contributed by atoms with Gasteiger partial charge < -0.3 is 20.5 Å². The van der Waals surface area contributed by atoms with Gasteiger partial charge in [0.15, 0.2) is 0 Å². The molecule has 1 amide bonds. The van der Waals surface area contributed by atoms with Gasteiger partial charge in [0.25, 0.3) is 0 Å². The highest BCUT2D eigenvalue weighted by molar-refractivity contribution is 5.94. The molecule has 0 aliphatic heterocycles. The van der Waals surface area contributed by atoms with Crippen molar-refractivity contribution < 1.29 is 23.9 Å². The maximum absolute atomic E-state index is 11.6. The van der Waals surface area contributed by atoms with E-state index in [4.69, 9.17) is 10.5 Å². The summed E-state index contributed by atoms with van der Waals surface area (Å²) in [7, 11) is 1.23. The van der Waals surface area contributed by atoms with Gasteiger partial charge in [0.05, 0.1) is 7.11 Å². The van der Waals surface area contributed by atoms with E-state index in [1.165, 1.54) is 7.11 Å². The fraction of sp³-hybridized carbons (Fsp3) is 0.667. The number of hydrogen-bond donors (Lipinski definition) is 2. The van der Waals surface area contributed by atoms with Gasteiger partial charge in [0.1, 0.15) is 11.6 Å². The monoisotopic (exact) mass is 314 g/mol. The third-order valence-electron chi connectivity index (χ3n) is 2.52. The molecular formula is C15H26N2O5. The third-order valence-corrected chi connectivity index (χ3v) is 2.52. The minimum Gasteiger partial charge on any atom is -0.466 e. The summed E-state index contributed by atoms with van der Waals surface area (Å²) in [5.74, 6) is -1.38. The van der Waals surface area contributed by atoms with Crippen molar-refractivity contribution >= 4 is 17.8 Å². The summed E-state index contributed by atoms with van der Waals surface area (Å²) >= 11 is 0. The van der Waals surface area contributed by atoms with Crippen molar-refractivity contribution in [2.75, 3.05) is 13.7 Å². The van der Waals surface area contributed by atoms with Crippen LogP contribution >= 0.6 is 0 Å². The van der Waals surface area contributed by atoms with Gasteiger partial charge in [0.2, 0.25) is 5.91 Å². The number of carbonyl (C=O) groups is 3. The summed E-state index contributed by atoms with van der Waals surface area (Å²) in [5.41, 5.74) is 5.19. The topological polar surface area (TPSA) is 108 Å². The average molecular weight is 314 g/mol. The third kappa shape index (κ3) is 10.8.